The predicted molar refractivity (Wildman–Crippen MR) is 75.8 cm³/mol. The van der Waals surface area contributed by atoms with E-state index in [4.69, 9.17) is 0 Å². The average Bonchev–Trinajstić information content (AvgIpc) is 2.99. The molecule has 1 aromatic carbocycles. The number of rotatable bonds is 8. The highest BCUT2D eigenvalue weighted by Crippen LogP contribution is 1.96. The number of nitrogens with zero attached hydrogens (tertiary/aromatic N) is 3. The van der Waals surface area contributed by atoms with Gasteiger partial charge in [0.1, 0.15) is 0 Å². The van der Waals surface area contributed by atoms with E-state index in [9.17, 15) is 4.79 Å². The van der Waals surface area contributed by atoms with Gasteiger partial charge in [0.05, 0.1) is 12.7 Å². The van der Waals surface area contributed by atoms with Crippen molar-refractivity contribution in [3.8, 4) is 0 Å². The number of carbonyl (C=O) groups excluding carboxylic acids is 1. The minimum Gasteiger partial charge on any atom is -0.351 e. The number of nitrogens with one attached hydrogen (secondary N) is 2. The third-order valence-corrected chi connectivity index (χ3v) is 2.83. The van der Waals surface area contributed by atoms with Gasteiger partial charge >= 0.3 is 0 Å². The number of aryl methyl sites for hydroxylation is 1. The molecule has 0 saturated heterocycles. The monoisotopic (exact) mass is 273 g/mol. The number of amides is 1. The molecule has 6 heteroatoms. The third kappa shape index (κ3) is 5.19. The number of aromatic nitrogens is 3. The van der Waals surface area contributed by atoms with Crippen LogP contribution in [0.15, 0.2) is 42.7 Å². The van der Waals surface area contributed by atoms with Gasteiger partial charge in [0.25, 0.3) is 0 Å². The molecule has 20 heavy (non-hydrogen) atoms. The zero-order valence-electron chi connectivity index (χ0n) is 11.3. The molecule has 2 aromatic rings. The van der Waals surface area contributed by atoms with Crippen LogP contribution in [-0.4, -0.2) is 34.0 Å². The summed E-state index contributed by atoms with van der Waals surface area (Å²) in [4.78, 5) is 11.6. The summed E-state index contributed by atoms with van der Waals surface area (Å²) in [5, 5.41) is 13.6. The Hall–Kier alpha value is -2.21. The van der Waals surface area contributed by atoms with Crippen LogP contribution in [0.4, 0.5) is 0 Å². The molecule has 2 N–H and O–H groups in total. The first-order chi connectivity index (χ1) is 9.84. The van der Waals surface area contributed by atoms with E-state index in [2.05, 4.69) is 20.9 Å². The van der Waals surface area contributed by atoms with E-state index >= 15 is 0 Å². The highest BCUT2D eigenvalue weighted by atomic mass is 16.1. The van der Waals surface area contributed by atoms with Gasteiger partial charge in [-0.2, -0.15) is 0 Å². The van der Waals surface area contributed by atoms with Gasteiger partial charge in [-0.15, -0.1) is 5.10 Å². The molecule has 0 spiro atoms. The Labute approximate surface area is 118 Å². The second-order valence-corrected chi connectivity index (χ2v) is 4.46. The summed E-state index contributed by atoms with van der Waals surface area (Å²) < 4.78 is 1.77. The van der Waals surface area contributed by atoms with Crippen molar-refractivity contribution < 1.29 is 4.79 Å². The van der Waals surface area contributed by atoms with Crippen molar-refractivity contribution in [2.45, 2.75) is 19.5 Å². The fourth-order valence-corrected chi connectivity index (χ4v) is 1.78. The molecule has 1 aromatic heterocycles. The van der Waals surface area contributed by atoms with Gasteiger partial charge in [0.2, 0.25) is 5.91 Å². The normalized spacial score (nSPS) is 10.4. The molecule has 0 aliphatic rings. The molecule has 0 fully saturated rings. The van der Waals surface area contributed by atoms with Gasteiger partial charge in [-0.3, -0.25) is 9.48 Å². The number of hydrogen-bond donors (Lipinski definition) is 2. The van der Waals surface area contributed by atoms with E-state index in [1.165, 1.54) is 0 Å². The quantitative estimate of drug-likeness (QED) is 0.690. The van der Waals surface area contributed by atoms with Gasteiger partial charge in [-0.05, 0) is 18.5 Å². The molecule has 0 atom stereocenters. The molecule has 1 heterocycles. The second kappa shape index (κ2) is 8.06. The number of carbonyl (C=O) groups is 1. The van der Waals surface area contributed by atoms with Crippen molar-refractivity contribution in [3.05, 3.63) is 48.3 Å². The Bertz CT molecular complexity index is 498. The zero-order chi connectivity index (χ0) is 14.0. The summed E-state index contributed by atoms with van der Waals surface area (Å²) in [6, 6.07) is 9.87. The maximum Gasteiger partial charge on any atom is 0.234 e. The SMILES string of the molecule is O=C(CNCCCn1ccnn1)NCc1ccccc1. The first-order valence-corrected chi connectivity index (χ1v) is 6.70. The molecule has 0 unspecified atom stereocenters. The second-order valence-electron chi connectivity index (χ2n) is 4.46. The van der Waals surface area contributed by atoms with Crippen LogP contribution < -0.4 is 10.6 Å². The lowest BCUT2D eigenvalue weighted by Crippen LogP contribution is -2.34. The Morgan fingerprint density at radius 3 is 2.85 bits per heavy atom. The van der Waals surface area contributed by atoms with Crippen LogP contribution in [0.1, 0.15) is 12.0 Å². The summed E-state index contributed by atoms with van der Waals surface area (Å²) in [5.41, 5.74) is 1.10. The fraction of sp³-hybridized carbons (Fsp3) is 0.357. The van der Waals surface area contributed by atoms with Crippen LogP contribution in [0.2, 0.25) is 0 Å². The molecule has 106 valence electrons. The van der Waals surface area contributed by atoms with Crippen molar-refractivity contribution >= 4 is 5.91 Å². The first kappa shape index (κ1) is 14.2. The standard InChI is InChI=1S/C14H19N5O/c20-14(16-11-13-5-2-1-3-6-13)12-15-7-4-9-19-10-8-17-18-19/h1-3,5-6,8,10,15H,4,7,9,11-12H2,(H,16,20). The van der Waals surface area contributed by atoms with Crippen LogP contribution in [0.3, 0.4) is 0 Å². The van der Waals surface area contributed by atoms with Gasteiger partial charge in [0.15, 0.2) is 0 Å². The molecule has 6 nitrogen and oxygen atoms in total. The molecule has 0 aliphatic heterocycles. The van der Waals surface area contributed by atoms with Crippen LogP contribution in [0.5, 0.6) is 0 Å². The van der Waals surface area contributed by atoms with Gasteiger partial charge in [-0.25, -0.2) is 0 Å². The lowest BCUT2D eigenvalue weighted by molar-refractivity contribution is -0.120. The van der Waals surface area contributed by atoms with E-state index in [0.29, 0.717) is 13.1 Å². The highest BCUT2D eigenvalue weighted by molar-refractivity contribution is 5.77. The molecule has 0 bridgehead atoms. The van der Waals surface area contributed by atoms with Crippen molar-refractivity contribution in [1.82, 2.24) is 25.6 Å². The lowest BCUT2D eigenvalue weighted by Gasteiger charge is -2.07. The van der Waals surface area contributed by atoms with Crippen molar-refractivity contribution in [2.75, 3.05) is 13.1 Å². The van der Waals surface area contributed by atoms with Gasteiger partial charge < -0.3 is 10.6 Å². The first-order valence-electron chi connectivity index (χ1n) is 6.70. The fourth-order valence-electron chi connectivity index (χ4n) is 1.78. The van der Waals surface area contributed by atoms with E-state index in [1.807, 2.05) is 36.5 Å². The summed E-state index contributed by atoms with van der Waals surface area (Å²) in [6.45, 7) is 2.49. The summed E-state index contributed by atoms with van der Waals surface area (Å²) >= 11 is 0. The maximum atomic E-state index is 11.6. The lowest BCUT2D eigenvalue weighted by atomic mass is 10.2. The summed E-state index contributed by atoms with van der Waals surface area (Å²) in [7, 11) is 0. The molecule has 0 saturated carbocycles. The third-order valence-electron chi connectivity index (χ3n) is 2.83. The predicted octanol–water partition coefficient (Wildman–Crippen LogP) is 0.574. The smallest absolute Gasteiger partial charge is 0.234 e. The Morgan fingerprint density at radius 2 is 2.10 bits per heavy atom. The van der Waals surface area contributed by atoms with Crippen molar-refractivity contribution in [2.24, 2.45) is 0 Å². The summed E-state index contributed by atoms with van der Waals surface area (Å²) in [5.74, 6) is 0.00890. The minimum absolute atomic E-state index is 0.00890. The molecule has 2 rings (SSSR count). The molecule has 0 radical (unpaired) electrons. The van der Waals surface area contributed by atoms with Crippen molar-refractivity contribution in [3.63, 3.8) is 0 Å². The van der Waals surface area contributed by atoms with Crippen LogP contribution >= 0.6 is 0 Å². The number of benzene rings is 1. The Morgan fingerprint density at radius 1 is 1.25 bits per heavy atom. The molecule has 0 aliphatic carbocycles. The van der Waals surface area contributed by atoms with Crippen LogP contribution in [-0.2, 0) is 17.9 Å². The topological polar surface area (TPSA) is 71.8 Å². The van der Waals surface area contributed by atoms with Crippen LogP contribution in [0.25, 0.3) is 0 Å². The van der Waals surface area contributed by atoms with Gasteiger partial charge in [0, 0.05) is 19.3 Å². The van der Waals surface area contributed by atoms with Crippen LogP contribution in [0, 0.1) is 0 Å². The van der Waals surface area contributed by atoms with E-state index in [1.54, 1.807) is 10.9 Å². The Kier molecular flexibility index (Phi) is 5.72. The largest absolute Gasteiger partial charge is 0.351 e. The zero-order valence-corrected chi connectivity index (χ0v) is 11.3. The van der Waals surface area contributed by atoms with E-state index < -0.39 is 0 Å². The van der Waals surface area contributed by atoms with Gasteiger partial charge in [-0.1, -0.05) is 35.5 Å². The molecular formula is C14H19N5O. The Balaban J connectivity index is 1.52. The maximum absolute atomic E-state index is 11.6. The van der Waals surface area contributed by atoms with E-state index in [0.717, 1.165) is 25.1 Å². The number of hydrogen-bond acceptors (Lipinski definition) is 4. The molecular weight excluding hydrogens is 254 g/mol. The minimum atomic E-state index is 0.00890. The molecule has 1 amide bonds. The average molecular weight is 273 g/mol. The highest BCUT2D eigenvalue weighted by Gasteiger charge is 2.00. The van der Waals surface area contributed by atoms with Crippen molar-refractivity contribution in [1.29, 1.82) is 0 Å². The van der Waals surface area contributed by atoms with E-state index in [-0.39, 0.29) is 5.91 Å². The summed E-state index contributed by atoms with van der Waals surface area (Å²) in [6.07, 6.45) is 4.40.